The van der Waals surface area contributed by atoms with Crippen LogP contribution in [0.5, 0.6) is 0 Å². The Kier molecular flexibility index (Phi) is 2.95. The monoisotopic (exact) mass is 224 g/mol. The summed E-state index contributed by atoms with van der Waals surface area (Å²) in [4.78, 5) is 19.7. The molecule has 0 bridgehead atoms. The van der Waals surface area contributed by atoms with Gasteiger partial charge in [-0.1, -0.05) is 0 Å². The number of anilines is 1. The van der Waals surface area contributed by atoms with E-state index in [1.165, 1.54) is 12.4 Å². The second kappa shape index (κ2) is 4.40. The summed E-state index contributed by atoms with van der Waals surface area (Å²) in [6.07, 6.45) is 4.26. The molecule has 0 saturated carbocycles. The number of rotatable bonds is 3. The van der Waals surface area contributed by atoms with Crippen LogP contribution in [0.4, 0.5) is 11.6 Å². The minimum Gasteiger partial charge on any atom is -0.394 e. The molecule has 1 aliphatic heterocycles. The van der Waals surface area contributed by atoms with Gasteiger partial charge in [0.05, 0.1) is 17.6 Å². The van der Waals surface area contributed by atoms with E-state index in [-0.39, 0.29) is 18.3 Å². The Labute approximate surface area is 91.9 Å². The Hall–Kier alpha value is -1.76. The van der Waals surface area contributed by atoms with Crippen LogP contribution in [0.2, 0.25) is 0 Å². The molecule has 0 aliphatic carbocycles. The van der Waals surface area contributed by atoms with Crippen molar-refractivity contribution in [3.8, 4) is 0 Å². The van der Waals surface area contributed by atoms with Crippen LogP contribution in [-0.2, 0) is 0 Å². The van der Waals surface area contributed by atoms with Crippen LogP contribution < -0.4 is 4.90 Å². The number of nitrogens with zero attached hydrogens (tertiary/aromatic N) is 4. The van der Waals surface area contributed by atoms with Crippen LogP contribution in [0.25, 0.3) is 0 Å². The third-order valence-electron chi connectivity index (χ3n) is 2.68. The first-order chi connectivity index (χ1) is 7.72. The van der Waals surface area contributed by atoms with Gasteiger partial charge < -0.3 is 10.0 Å². The highest BCUT2D eigenvalue weighted by Crippen LogP contribution is 2.22. The molecule has 0 radical (unpaired) electrons. The molecule has 0 aromatic carbocycles. The Morgan fingerprint density at radius 1 is 1.56 bits per heavy atom. The van der Waals surface area contributed by atoms with Gasteiger partial charge in [0, 0.05) is 6.54 Å². The molecule has 86 valence electrons. The van der Waals surface area contributed by atoms with Crippen molar-refractivity contribution in [3.63, 3.8) is 0 Å². The second-order valence-corrected chi connectivity index (χ2v) is 3.67. The molecule has 1 fully saturated rings. The van der Waals surface area contributed by atoms with Crippen LogP contribution in [-0.4, -0.2) is 39.2 Å². The summed E-state index contributed by atoms with van der Waals surface area (Å²) < 4.78 is 0. The predicted molar refractivity (Wildman–Crippen MR) is 56.1 cm³/mol. The van der Waals surface area contributed by atoms with Gasteiger partial charge in [-0.05, 0) is 12.8 Å². The number of aliphatic hydroxyl groups is 1. The molecule has 2 rings (SSSR count). The van der Waals surface area contributed by atoms with Crippen LogP contribution in [0.15, 0.2) is 12.4 Å². The third kappa shape index (κ3) is 1.94. The SMILES string of the molecule is O=[N+]([O-])c1cnc(N2CCCC2CO)nc1. The van der Waals surface area contributed by atoms with E-state index in [2.05, 4.69) is 9.97 Å². The maximum absolute atomic E-state index is 10.4. The zero-order valence-electron chi connectivity index (χ0n) is 8.61. The van der Waals surface area contributed by atoms with Crippen LogP contribution in [0, 0.1) is 10.1 Å². The van der Waals surface area contributed by atoms with Crippen molar-refractivity contribution < 1.29 is 10.0 Å². The molecule has 16 heavy (non-hydrogen) atoms. The van der Waals surface area contributed by atoms with Gasteiger partial charge in [-0.3, -0.25) is 10.1 Å². The first kappa shape index (κ1) is 10.7. The van der Waals surface area contributed by atoms with E-state index in [4.69, 9.17) is 5.11 Å². The fourth-order valence-corrected chi connectivity index (χ4v) is 1.85. The number of hydrogen-bond donors (Lipinski definition) is 1. The van der Waals surface area contributed by atoms with E-state index in [0.29, 0.717) is 5.95 Å². The highest BCUT2D eigenvalue weighted by Gasteiger charge is 2.26. The van der Waals surface area contributed by atoms with Crippen LogP contribution >= 0.6 is 0 Å². The highest BCUT2D eigenvalue weighted by atomic mass is 16.6. The van der Waals surface area contributed by atoms with E-state index in [1.54, 1.807) is 0 Å². The van der Waals surface area contributed by atoms with Crippen molar-refractivity contribution in [1.82, 2.24) is 9.97 Å². The van der Waals surface area contributed by atoms with Gasteiger partial charge in [0.15, 0.2) is 0 Å². The largest absolute Gasteiger partial charge is 0.394 e. The van der Waals surface area contributed by atoms with Crippen LogP contribution in [0.3, 0.4) is 0 Å². The lowest BCUT2D eigenvalue weighted by molar-refractivity contribution is -0.385. The molecule has 1 aromatic heterocycles. The van der Waals surface area contributed by atoms with Gasteiger partial charge in [0.1, 0.15) is 12.4 Å². The second-order valence-electron chi connectivity index (χ2n) is 3.67. The van der Waals surface area contributed by atoms with E-state index in [1.807, 2.05) is 4.90 Å². The maximum Gasteiger partial charge on any atom is 0.305 e. The van der Waals surface area contributed by atoms with E-state index in [9.17, 15) is 10.1 Å². The standard InChI is InChI=1S/C9H12N4O3/c14-6-7-2-1-3-12(7)9-10-4-8(5-11-9)13(15)16/h4-5,7,14H,1-3,6H2. The lowest BCUT2D eigenvalue weighted by Crippen LogP contribution is -2.33. The average Bonchev–Trinajstić information content (AvgIpc) is 2.77. The average molecular weight is 224 g/mol. The first-order valence-corrected chi connectivity index (χ1v) is 5.06. The molecular formula is C9H12N4O3. The predicted octanol–water partition coefficient (Wildman–Crippen LogP) is 0.346. The first-order valence-electron chi connectivity index (χ1n) is 5.06. The Morgan fingerprint density at radius 3 is 2.81 bits per heavy atom. The van der Waals surface area contributed by atoms with Crippen molar-refractivity contribution >= 4 is 11.6 Å². The molecule has 1 unspecified atom stereocenters. The quantitative estimate of drug-likeness (QED) is 0.588. The molecule has 0 spiro atoms. The third-order valence-corrected chi connectivity index (χ3v) is 2.68. The maximum atomic E-state index is 10.4. The summed E-state index contributed by atoms with van der Waals surface area (Å²) in [5, 5.41) is 19.6. The fourth-order valence-electron chi connectivity index (χ4n) is 1.85. The van der Waals surface area contributed by atoms with Gasteiger partial charge in [0.25, 0.3) is 0 Å². The number of aliphatic hydroxyl groups excluding tert-OH is 1. The minimum atomic E-state index is -0.530. The molecule has 0 amide bonds. The smallest absolute Gasteiger partial charge is 0.305 e. The summed E-state index contributed by atoms with van der Waals surface area (Å²) in [7, 11) is 0. The lowest BCUT2D eigenvalue weighted by Gasteiger charge is -2.22. The summed E-state index contributed by atoms with van der Waals surface area (Å²) in [6.45, 7) is 0.837. The van der Waals surface area contributed by atoms with Crippen molar-refractivity contribution in [2.45, 2.75) is 18.9 Å². The summed E-state index contributed by atoms with van der Waals surface area (Å²) in [5.41, 5.74) is -0.122. The van der Waals surface area contributed by atoms with Gasteiger partial charge in [-0.2, -0.15) is 0 Å². The van der Waals surface area contributed by atoms with E-state index < -0.39 is 4.92 Å². The zero-order chi connectivity index (χ0) is 11.5. The van der Waals surface area contributed by atoms with Crippen molar-refractivity contribution in [1.29, 1.82) is 0 Å². The summed E-state index contributed by atoms with van der Waals surface area (Å²) >= 11 is 0. The topological polar surface area (TPSA) is 92.4 Å². The van der Waals surface area contributed by atoms with Crippen molar-refractivity contribution in [2.75, 3.05) is 18.1 Å². The fraction of sp³-hybridized carbons (Fsp3) is 0.556. The molecule has 7 nitrogen and oxygen atoms in total. The molecule has 7 heteroatoms. The molecule has 1 aromatic rings. The number of aromatic nitrogens is 2. The highest BCUT2D eigenvalue weighted by molar-refractivity contribution is 5.36. The normalized spacial score (nSPS) is 20.1. The molecule has 2 heterocycles. The number of hydrogen-bond acceptors (Lipinski definition) is 6. The minimum absolute atomic E-state index is 0.0291. The lowest BCUT2D eigenvalue weighted by atomic mass is 10.2. The Morgan fingerprint density at radius 2 is 2.25 bits per heavy atom. The van der Waals surface area contributed by atoms with Gasteiger partial charge >= 0.3 is 5.69 Å². The van der Waals surface area contributed by atoms with Gasteiger partial charge in [-0.15, -0.1) is 0 Å². The molecule has 1 aliphatic rings. The molecule has 1 N–H and O–H groups in total. The molecular weight excluding hydrogens is 212 g/mol. The van der Waals surface area contributed by atoms with Gasteiger partial charge in [-0.25, -0.2) is 9.97 Å². The van der Waals surface area contributed by atoms with Crippen molar-refractivity contribution in [2.24, 2.45) is 0 Å². The Bertz CT molecular complexity index is 381. The summed E-state index contributed by atoms with van der Waals surface area (Å²) in [5.74, 6) is 0.446. The van der Waals surface area contributed by atoms with E-state index in [0.717, 1.165) is 19.4 Å². The van der Waals surface area contributed by atoms with Crippen molar-refractivity contribution in [3.05, 3.63) is 22.5 Å². The van der Waals surface area contributed by atoms with Gasteiger partial charge in [0.2, 0.25) is 5.95 Å². The van der Waals surface area contributed by atoms with E-state index >= 15 is 0 Å². The van der Waals surface area contributed by atoms with Crippen LogP contribution in [0.1, 0.15) is 12.8 Å². The summed E-state index contributed by atoms with van der Waals surface area (Å²) in [6, 6.07) is 0.0291. The molecule has 1 saturated heterocycles. The molecule has 1 atom stereocenters. The zero-order valence-corrected chi connectivity index (χ0v) is 8.61. The number of nitro groups is 1. The Balaban J connectivity index is 2.18.